The van der Waals surface area contributed by atoms with Crippen molar-refractivity contribution >= 4 is 0 Å². The van der Waals surface area contributed by atoms with Gasteiger partial charge in [-0.05, 0) is 78.1 Å². The molecule has 30 heavy (non-hydrogen) atoms. The van der Waals surface area contributed by atoms with E-state index in [0.717, 1.165) is 6.20 Å². The summed E-state index contributed by atoms with van der Waals surface area (Å²) in [6, 6.07) is 11.8. The molecule has 1 saturated carbocycles. The quantitative estimate of drug-likeness (QED) is 0.437. The van der Waals surface area contributed by atoms with Crippen molar-refractivity contribution in [2.75, 3.05) is 0 Å². The summed E-state index contributed by atoms with van der Waals surface area (Å²) in [4.78, 5) is 3.62. The minimum atomic E-state index is -4.54. The van der Waals surface area contributed by atoms with E-state index in [0.29, 0.717) is 41.2 Å². The van der Waals surface area contributed by atoms with Crippen LogP contribution in [-0.4, -0.2) is 4.98 Å². The van der Waals surface area contributed by atoms with Crippen LogP contribution in [0.1, 0.15) is 53.5 Å². The molecule has 2 aromatic carbocycles. The number of halogens is 4. The molecule has 1 heterocycles. The molecule has 1 aromatic heterocycles. The first-order valence-electron chi connectivity index (χ1n) is 10.0. The van der Waals surface area contributed by atoms with Crippen LogP contribution in [0.25, 0.3) is 11.1 Å². The fourth-order valence-electron chi connectivity index (χ4n) is 4.30. The molecule has 2 aliphatic rings. The molecule has 0 aliphatic heterocycles. The van der Waals surface area contributed by atoms with Crippen LogP contribution in [-0.2, 0) is 12.6 Å². The molecule has 1 atom stereocenters. The number of hydrogen-bond donors (Lipinski definition) is 0. The molecule has 2 nitrogen and oxygen atoms in total. The summed E-state index contributed by atoms with van der Waals surface area (Å²) in [5.74, 6) is 0.824. The molecule has 0 spiro atoms. The summed E-state index contributed by atoms with van der Waals surface area (Å²) in [5.41, 5.74) is 1.79. The largest absolute Gasteiger partial charge is 0.486 e. The predicted octanol–water partition coefficient (Wildman–Crippen LogP) is 6.85. The van der Waals surface area contributed by atoms with Crippen molar-refractivity contribution < 1.29 is 22.3 Å². The van der Waals surface area contributed by atoms with Gasteiger partial charge in [-0.3, -0.25) is 4.98 Å². The summed E-state index contributed by atoms with van der Waals surface area (Å²) in [7, 11) is 0. The van der Waals surface area contributed by atoms with Gasteiger partial charge in [-0.1, -0.05) is 18.2 Å². The van der Waals surface area contributed by atoms with Gasteiger partial charge < -0.3 is 4.74 Å². The Morgan fingerprint density at radius 2 is 1.67 bits per heavy atom. The second kappa shape index (κ2) is 7.11. The highest BCUT2D eigenvalue weighted by atomic mass is 19.4. The van der Waals surface area contributed by atoms with Crippen molar-refractivity contribution in [1.29, 1.82) is 0 Å². The van der Waals surface area contributed by atoms with E-state index in [9.17, 15) is 17.6 Å². The second-order valence-corrected chi connectivity index (χ2v) is 7.89. The molecular formula is C24H19F4NO. The molecule has 1 unspecified atom stereocenters. The van der Waals surface area contributed by atoms with E-state index in [1.165, 1.54) is 42.8 Å². The first-order chi connectivity index (χ1) is 14.4. The zero-order chi connectivity index (χ0) is 20.9. The fourth-order valence-corrected chi connectivity index (χ4v) is 4.30. The molecule has 0 radical (unpaired) electrons. The van der Waals surface area contributed by atoms with E-state index in [-0.39, 0.29) is 5.56 Å². The summed E-state index contributed by atoms with van der Waals surface area (Å²) in [6.07, 6.45) is 0.455. The number of ether oxygens (including phenoxy) is 1. The Bertz CT molecular complexity index is 1090. The van der Waals surface area contributed by atoms with Gasteiger partial charge in [-0.2, -0.15) is 13.2 Å². The van der Waals surface area contributed by atoms with Gasteiger partial charge in [0.15, 0.2) is 0 Å². The number of fused-ring (bicyclic) bond motifs is 1. The molecule has 6 heteroatoms. The normalized spacial score (nSPS) is 18.3. The summed E-state index contributed by atoms with van der Waals surface area (Å²) >= 11 is 0. The monoisotopic (exact) mass is 413 g/mol. The van der Waals surface area contributed by atoms with Crippen molar-refractivity contribution in [3.05, 3.63) is 82.9 Å². The highest BCUT2D eigenvalue weighted by Gasteiger charge is 2.36. The molecule has 0 N–H and O–H groups in total. The van der Waals surface area contributed by atoms with Crippen molar-refractivity contribution in [1.82, 2.24) is 4.98 Å². The molecule has 3 aromatic rings. The van der Waals surface area contributed by atoms with Crippen LogP contribution < -0.4 is 4.74 Å². The van der Waals surface area contributed by atoms with Gasteiger partial charge in [-0.15, -0.1) is 0 Å². The van der Waals surface area contributed by atoms with E-state index < -0.39 is 23.7 Å². The Morgan fingerprint density at radius 1 is 0.900 bits per heavy atom. The highest BCUT2D eigenvalue weighted by molar-refractivity contribution is 5.73. The summed E-state index contributed by atoms with van der Waals surface area (Å²) in [6.45, 7) is 0. The number of nitrogens with zero attached hydrogens (tertiary/aromatic N) is 1. The number of rotatable bonds is 4. The molecule has 0 amide bonds. The third-order valence-electron chi connectivity index (χ3n) is 5.91. The average Bonchev–Trinajstić information content (AvgIpc) is 3.49. The summed E-state index contributed by atoms with van der Waals surface area (Å²) in [5, 5.41) is 0. The van der Waals surface area contributed by atoms with Crippen LogP contribution >= 0.6 is 0 Å². The first kappa shape index (κ1) is 19.1. The standard InChI is InChI=1S/C24H19F4NO/c25-21-9-7-17(18-11-12-29-13-20(18)24(26,27)28)19-8-10-22(23(19)21)30-16-5-3-15(4-6-16)14-1-2-14/h3-7,9,11-14,22H,1-2,8,10H2. The maximum Gasteiger partial charge on any atom is 0.418 e. The van der Waals surface area contributed by atoms with Gasteiger partial charge in [0.25, 0.3) is 0 Å². The predicted molar refractivity (Wildman–Crippen MR) is 105 cm³/mol. The molecule has 2 aliphatic carbocycles. The zero-order valence-electron chi connectivity index (χ0n) is 16.0. The maximum absolute atomic E-state index is 14.7. The van der Waals surface area contributed by atoms with Crippen LogP contribution in [0.5, 0.6) is 5.75 Å². The van der Waals surface area contributed by atoms with Gasteiger partial charge in [-0.25, -0.2) is 4.39 Å². The molecule has 0 bridgehead atoms. The zero-order valence-corrected chi connectivity index (χ0v) is 16.0. The van der Waals surface area contributed by atoms with E-state index in [4.69, 9.17) is 4.74 Å². The van der Waals surface area contributed by atoms with Gasteiger partial charge in [0.1, 0.15) is 17.7 Å². The molecule has 154 valence electrons. The van der Waals surface area contributed by atoms with E-state index >= 15 is 0 Å². The fraction of sp³-hybridized carbons (Fsp3) is 0.292. The summed E-state index contributed by atoms with van der Waals surface area (Å²) < 4.78 is 61.2. The van der Waals surface area contributed by atoms with Crippen molar-refractivity contribution in [2.24, 2.45) is 0 Å². The van der Waals surface area contributed by atoms with E-state index in [2.05, 4.69) is 4.98 Å². The number of alkyl halides is 3. The van der Waals surface area contributed by atoms with Crippen LogP contribution in [0, 0.1) is 5.82 Å². The molecule has 0 saturated heterocycles. The number of hydrogen-bond acceptors (Lipinski definition) is 2. The lowest BCUT2D eigenvalue weighted by atomic mass is 9.94. The number of aromatic nitrogens is 1. The lowest BCUT2D eigenvalue weighted by Gasteiger charge is -2.18. The van der Waals surface area contributed by atoms with E-state index in [1.807, 2.05) is 24.3 Å². The lowest BCUT2D eigenvalue weighted by Crippen LogP contribution is -2.09. The van der Waals surface area contributed by atoms with Crippen LogP contribution in [0.4, 0.5) is 17.6 Å². The lowest BCUT2D eigenvalue weighted by molar-refractivity contribution is -0.137. The first-order valence-corrected chi connectivity index (χ1v) is 10.0. The highest BCUT2D eigenvalue weighted by Crippen LogP contribution is 2.45. The van der Waals surface area contributed by atoms with Crippen molar-refractivity contribution in [3.63, 3.8) is 0 Å². The van der Waals surface area contributed by atoms with Crippen LogP contribution in [0.3, 0.4) is 0 Å². The minimum absolute atomic E-state index is 0.0168. The Hall–Kier alpha value is -2.89. The average molecular weight is 413 g/mol. The Morgan fingerprint density at radius 3 is 2.37 bits per heavy atom. The molecule has 5 rings (SSSR count). The third-order valence-corrected chi connectivity index (χ3v) is 5.91. The van der Waals surface area contributed by atoms with Gasteiger partial charge in [0.05, 0.1) is 5.56 Å². The van der Waals surface area contributed by atoms with Crippen LogP contribution in [0.2, 0.25) is 0 Å². The number of benzene rings is 2. The van der Waals surface area contributed by atoms with Crippen molar-refractivity contribution in [2.45, 2.75) is 43.9 Å². The minimum Gasteiger partial charge on any atom is -0.486 e. The van der Waals surface area contributed by atoms with Gasteiger partial charge >= 0.3 is 6.18 Å². The SMILES string of the molecule is Fc1ccc(-c2ccncc2C(F)(F)F)c2c1C(Oc1ccc(C3CC3)cc1)CC2. The maximum atomic E-state index is 14.7. The van der Waals surface area contributed by atoms with Crippen molar-refractivity contribution in [3.8, 4) is 16.9 Å². The molecule has 1 fully saturated rings. The molecular weight excluding hydrogens is 394 g/mol. The smallest absolute Gasteiger partial charge is 0.418 e. The Balaban J connectivity index is 1.50. The second-order valence-electron chi connectivity index (χ2n) is 7.89. The van der Waals surface area contributed by atoms with Gasteiger partial charge in [0, 0.05) is 18.0 Å². The Labute approximate surface area is 171 Å². The Kier molecular flexibility index (Phi) is 4.53. The number of pyridine rings is 1. The van der Waals surface area contributed by atoms with Gasteiger partial charge in [0.2, 0.25) is 0 Å². The topological polar surface area (TPSA) is 22.1 Å². The van der Waals surface area contributed by atoms with Crippen LogP contribution in [0.15, 0.2) is 54.9 Å². The third kappa shape index (κ3) is 3.44. The van der Waals surface area contributed by atoms with E-state index in [1.54, 1.807) is 0 Å².